The molecule has 0 aliphatic carbocycles. The van der Waals surface area contributed by atoms with Crippen LogP contribution in [0.4, 0.5) is 0 Å². The second-order valence-electron chi connectivity index (χ2n) is 17.7. The second-order valence-corrected chi connectivity index (χ2v) is 18.9. The minimum atomic E-state index is -0.996. The maximum Gasteiger partial charge on any atom is 0.308 e. The lowest BCUT2D eigenvalue weighted by Gasteiger charge is -2.35. The smallest absolute Gasteiger partial charge is 0.308 e. The Kier molecular flexibility index (Phi) is 12.4. The van der Waals surface area contributed by atoms with E-state index in [1.165, 1.54) is 18.4 Å². The number of aliphatic hydroxyl groups is 1. The van der Waals surface area contributed by atoms with Crippen molar-refractivity contribution >= 4 is 40.7 Å². The molecule has 0 spiro atoms. The molecule has 3 aromatic carbocycles. The van der Waals surface area contributed by atoms with Crippen LogP contribution in [0.25, 0.3) is 27.5 Å². The van der Waals surface area contributed by atoms with Gasteiger partial charge in [-0.3, -0.25) is 28.7 Å². The fraction of sp³-hybridized carbons (Fsp3) is 0.347. The molecule has 1 saturated heterocycles. The molecule has 65 heavy (non-hydrogen) atoms. The number of nitrogens with zero attached hydrogens (tertiary/aromatic N) is 6. The molecule has 16 heteroatoms. The number of hydrogen-bond donors (Lipinski definition) is 3. The number of aryl methyl sites for hydroxylation is 3. The van der Waals surface area contributed by atoms with Crippen molar-refractivity contribution in [3.05, 3.63) is 129 Å². The van der Waals surface area contributed by atoms with Gasteiger partial charge < -0.3 is 29.8 Å². The van der Waals surface area contributed by atoms with E-state index in [0.29, 0.717) is 23.0 Å². The predicted octanol–water partition coefficient (Wildman–Crippen LogP) is 6.76. The second kappa shape index (κ2) is 18.0. The SMILES string of the molecule is COC(=O)C[C@@H]1N=C(c2ccc(-c3ccc(C(=O)NC(C(=O)N4C[C@H](O)C[C@H]4C(=O)NCc4ccc(-c5ocnc5C)cc4)C(C)(C)C)cc3)cc2)c2c(sc(C)c2C)-n2c(C)nnc21. The molecule has 3 amide bonds. The van der Waals surface area contributed by atoms with E-state index in [0.717, 1.165) is 60.2 Å². The van der Waals surface area contributed by atoms with Crippen LogP contribution in [0, 0.1) is 33.1 Å². The van der Waals surface area contributed by atoms with Crippen LogP contribution in [-0.2, 0) is 25.7 Å². The Bertz CT molecular complexity index is 2800. The highest BCUT2D eigenvalue weighted by atomic mass is 32.1. The van der Waals surface area contributed by atoms with Crippen molar-refractivity contribution < 1.29 is 33.4 Å². The first kappa shape index (κ1) is 44.8. The molecule has 3 N–H and O–H groups in total. The predicted molar refractivity (Wildman–Crippen MR) is 246 cm³/mol. The number of esters is 1. The zero-order valence-electron chi connectivity index (χ0n) is 37.6. The number of amides is 3. The molecule has 15 nitrogen and oxygen atoms in total. The van der Waals surface area contributed by atoms with Crippen LogP contribution in [-0.4, -0.2) is 91.0 Å². The van der Waals surface area contributed by atoms with Gasteiger partial charge in [-0.05, 0) is 67.5 Å². The highest BCUT2D eigenvalue weighted by Gasteiger charge is 2.44. The summed E-state index contributed by atoms with van der Waals surface area (Å²) in [6.45, 7) is 13.6. The number of oxazole rings is 1. The molecule has 0 saturated carbocycles. The maximum absolute atomic E-state index is 14.3. The third-order valence-electron chi connectivity index (χ3n) is 12.1. The van der Waals surface area contributed by atoms with E-state index in [1.54, 1.807) is 23.5 Å². The Hall–Kier alpha value is -6.78. The van der Waals surface area contributed by atoms with E-state index in [1.807, 2.05) is 99.8 Å². The normalized spacial score (nSPS) is 17.4. The Labute approximate surface area is 381 Å². The van der Waals surface area contributed by atoms with E-state index in [-0.39, 0.29) is 31.8 Å². The number of aliphatic hydroxyl groups excluding tert-OH is 1. The van der Waals surface area contributed by atoms with Gasteiger partial charge >= 0.3 is 5.97 Å². The number of carbonyl (C=O) groups excluding carboxylic acids is 4. The Morgan fingerprint density at radius 3 is 2.18 bits per heavy atom. The van der Waals surface area contributed by atoms with Crippen molar-refractivity contribution in [3.63, 3.8) is 0 Å². The van der Waals surface area contributed by atoms with E-state index >= 15 is 0 Å². The lowest BCUT2D eigenvalue weighted by Crippen LogP contribution is -2.57. The summed E-state index contributed by atoms with van der Waals surface area (Å²) in [4.78, 5) is 66.0. The average molecular weight is 897 g/mol. The number of rotatable bonds is 11. The maximum atomic E-state index is 14.3. The zero-order chi connectivity index (χ0) is 46.3. The Balaban J connectivity index is 0.957. The largest absolute Gasteiger partial charge is 0.469 e. The molecule has 8 rings (SSSR count). The molecular weight excluding hydrogens is 845 g/mol. The topological polar surface area (TPSA) is 194 Å². The van der Waals surface area contributed by atoms with Gasteiger partial charge in [0.25, 0.3) is 5.91 Å². The number of ether oxygens (including phenoxy) is 1. The van der Waals surface area contributed by atoms with Crippen LogP contribution in [0.3, 0.4) is 0 Å². The summed E-state index contributed by atoms with van der Waals surface area (Å²) in [5, 5.41) is 26.3. The summed E-state index contributed by atoms with van der Waals surface area (Å²) in [5.41, 5.74) is 7.57. The molecule has 336 valence electrons. The number of carbonyl (C=O) groups is 4. The van der Waals surface area contributed by atoms with E-state index in [4.69, 9.17) is 14.1 Å². The van der Waals surface area contributed by atoms with Crippen molar-refractivity contribution in [1.29, 1.82) is 0 Å². The highest BCUT2D eigenvalue weighted by Crippen LogP contribution is 2.40. The van der Waals surface area contributed by atoms with Crippen molar-refractivity contribution in [2.24, 2.45) is 10.4 Å². The number of aliphatic imine (C=N–C) groups is 1. The van der Waals surface area contributed by atoms with Gasteiger partial charge in [0.05, 0.1) is 31.0 Å². The summed E-state index contributed by atoms with van der Waals surface area (Å²) < 4.78 is 12.5. The first-order valence-electron chi connectivity index (χ1n) is 21.5. The molecule has 6 aromatic rings. The third kappa shape index (κ3) is 9.00. The van der Waals surface area contributed by atoms with Gasteiger partial charge in [-0.15, -0.1) is 21.5 Å². The molecular formula is C49H52N8O7S. The number of likely N-dealkylation sites (tertiary alicyclic amines) is 1. The lowest BCUT2D eigenvalue weighted by molar-refractivity contribution is -0.142. The van der Waals surface area contributed by atoms with Crippen molar-refractivity contribution in [2.75, 3.05) is 13.7 Å². The quantitative estimate of drug-likeness (QED) is 0.117. The van der Waals surface area contributed by atoms with E-state index in [9.17, 15) is 24.3 Å². The number of fused-ring (bicyclic) bond motifs is 3. The minimum absolute atomic E-state index is 0.0100. The van der Waals surface area contributed by atoms with Crippen LogP contribution in [0.1, 0.15) is 94.5 Å². The summed E-state index contributed by atoms with van der Waals surface area (Å²) >= 11 is 1.64. The van der Waals surface area contributed by atoms with Gasteiger partial charge in [-0.25, -0.2) is 4.98 Å². The van der Waals surface area contributed by atoms with Crippen molar-refractivity contribution in [1.82, 2.24) is 35.3 Å². The van der Waals surface area contributed by atoms with Gasteiger partial charge in [0.15, 0.2) is 18.0 Å². The molecule has 1 fully saturated rings. The molecule has 1 unspecified atom stereocenters. The van der Waals surface area contributed by atoms with Gasteiger partial charge in [-0.2, -0.15) is 0 Å². The number of benzene rings is 3. The van der Waals surface area contributed by atoms with Crippen molar-refractivity contribution in [3.8, 4) is 27.5 Å². The van der Waals surface area contributed by atoms with Crippen LogP contribution in [0.5, 0.6) is 0 Å². The summed E-state index contributed by atoms with van der Waals surface area (Å²) in [5.74, 6) is 0.289. The summed E-state index contributed by atoms with van der Waals surface area (Å²) in [7, 11) is 1.36. The molecule has 5 heterocycles. The standard InChI is InChI=1S/C49H52N8O7S/c1-26-28(3)65-48-40(26)41(52-37(22-39(59)63-8)44-55-54-29(4)57(44)48)33-17-13-31(14-18-33)32-15-19-35(20-16-32)45(60)53-43(49(5,6)7)47(62)56-24-36(58)21-38(56)46(61)50-23-30-9-11-34(12-10-30)42-27(2)51-25-64-42/h9-20,25,36-38,43,58H,21-24H2,1-8H3,(H,50,61)(H,53,60)/t36-,37+,38+,43?/m1/s1. The molecule has 0 radical (unpaired) electrons. The van der Waals surface area contributed by atoms with Gasteiger partial charge in [0, 0.05) is 46.6 Å². The lowest BCUT2D eigenvalue weighted by atomic mass is 9.85. The zero-order valence-corrected chi connectivity index (χ0v) is 38.4. The van der Waals surface area contributed by atoms with Crippen LogP contribution in [0.15, 0.2) is 88.6 Å². The van der Waals surface area contributed by atoms with Crippen molar-refractivity contribution in [2.45, 2.75) is 92.1 Å². The Morgan fingerprint density at radius 2 is 1.55 bits per heavy atom. The molecule has 3 aromatic heterocycles. The highest BCUT2D eigenvalue weighted by molar-refractivity contribution is 7.15. The number of thiophene rings is 1. The number of β-amino-alcohol motifs (C(OH)–C–C–N with tert-alkyl or cyclic N) is 1. The first-order valence-corrected chi connectivity index (χ1v) is 22.3. The first-order chi connectivity index (χ1) is 31.0. The minimum Gasteiger partial charge on any atom is -0.469 e. The van der Waals surface area contributed by atoms with Gasteiger partial charge in [0.2, 0.25) is 11.8 Å². The van der Waals surface area contributed by atoms with Crippen LogP contribution in [0.2, 0.25) is 0 Å². The summed E-state index contributed by atoms with van der Waals surface area (Å²) in [6.07, 6.45) is 0.594. The number of methoxy groups -OCH3 is 1. The average Bonchev–Trinajstić information content (AvgIpc) is 4.06. The van der Waals surface area contributed by atoms with Gasteiger partial charge in [0.1, 0.15) is 29.0 Å². The monoisotopic (exact) mass is 896 g/mol. The Morgan fingerprint density at radius 1 is 0.908 bits per heavy atom. The van der Waals surface area contributed by atoms with Crippen LogP contribution < -0.4 is 10.6 Å². The third-order valence-corrected chi connectivity index (χ3v) is 13.3. The number of nitrogens with one attached hydrogen (secondary N) is 2. The summed E-state index contributed by atoms with van der Waals surface area (Å²) in [6, 6.07) is 20.2. The fourth-order valence-corrected chi connectivity index (χ4v) is 9.61. The van der Waals surface area contributed by atoms with E-state index in [2.05, 4.69) is 39.7 Å². The molecule has 0 bridgehead atoms. The molecule has 2 aliphatic rings. The van der Waals surface area contributed by atoms with Crippen LogP contribution >= 0.6 is 11.3 Å². The van der Waals surface area contributed by atoms with E-state index < -0.39 is 47.4 Å². The molecule has 2 aliphatic heterocycles. The molecule has 4 atom stereocenters. The van der Waals surface area contributed by atoms with Gasteiger partial charge in [-0.1, -0.05) is 81.4 Å². The number of hydrogen-bond acceptors (Lipinski definition) is 12. The number of aromatic nitrogens is 4. The fourth-order valence-electron chi connectivity index (χ4n) is 8.40.